The van der Waals surface area contributed by atoms with Crippen molar-refractivity contribution in [2.75, 3.05) is 57.9 Å². The van der Waals surface area contributed by atoms with Gasteiger partial charge in [0, 0.05) is 45.5 Å². The minimum Gasteiger partial charge on any atom is -0.378 e. The molecule has 1 atom stereocenters. The van der Waals surface area contributed by atoms with E-state index in [4.69, 9.17) is 9.47 Å². The number of rotatable bonds is 7. The third kappa shape index (κ3) is 5.17. The van der Waals surface area contributed by atoms with Crippen LogP contribution < -0.4 is 10.2 Å². The zero-order chi connectivity index (χ0) is 17.5. The second-order valence-electron chi connectivity index (χ2n) is 6.74. The Morgan fingerprint density at radius 1 is 1.28 bits per heavy atom. The van der Waals surface area contributed by atoms with E-state index < -0.39 is 0 Å². The molecular weight excluding hydrogens is 318 g/mol. The van der Waals surface area contributed by atoms with Crippen molar-refractivity contribution in [1.82, 2.24) is 10.2 Å². The summed E-state index contributed by atoms with van der Waals surface area (Å²) in [6.07, 6.45) is 2.47. The quantitative estimate of drug-likeness (QED) is 0.805. The van der Waals surface area contributed by atoms with Crippen molar-refractivity contribution in [3.05, 3.63) is 29.8 Å². The first-order valence-electron chi connectivity index (χ1n) is 9.21. The molecule has 6 heteroatoms. The Bertz CT molecular complexity index is 555. The van der Waals surface area contributed by atoms with E-state index in [2.05, 4.69) is 28.4 Å². The van der Waals surface area contributed by atoms with Gasteiger partial charge in [0.15, 0.2) is 0 Å². The number of hydrogen-bond donors (Lipinski definition) is 1. The normalized spacial score (nSPS) is 20.7. The van der Waals surface area contributed by atoms with Crippen LogP contribution in [-0.2, 0) is 20.8 Å². The van der Waals surface area contributed by atoms with Gasteiger partial charge in [0.2, 0.25) is 5.91 Å². The van der Waals surface area contributed by atoms with E-state index >= 15 is 0 Å². The van der Waals surface area contributed by atoms with Gasteiger partial charge in [0.25, 0.3) is 0 Å². The lowest BCUT2D eigenvalue weighted by Gasteiger charge is -2.31. The number of anilines is 1. The molecule has 1 N–H and O–H groups in total. The highest BCUT2D eigenvalue weighted by molar-refractivity contribution is 5.78. The van der Waals surface area contributed by atoms with Gasteiger partial charge in [-0.3, -0.25) is 4.79 Å². The van der Waals surface area contributed by atoms with Crippen LogP contribution in [0.4, 0.5) is 5.69 Å². The number of morpholine rings is 1. The van der Waals surface area contributed by atoms with E-state index in [0.29, 0.717) is 13.1 Å². The van der Waals surface area contributed by atoms with Gasteiger partial charge < -0.3 is 24.6 Å². The SMILES string of the molecule is CN(Cc1ccccc1N1CCOCC1)C(=O)CNC[C@H]1CCCO1. The summed E-state index contributed by atoms with van der Waals surface area (Å²) < 4.78 is 11.0. The average Bonchev–Trinajstić information content (AvgIpc) is 3.16. The molecule has 1 amide bonds. The number of hydrogen-bond acceptors (Lipinski definition) is 5. The monoisotopic (exact) mass is 347 g/mol. The molecule has 0 spiro atoms. The summed E-state index contributed by atoms with van der Waals surface area (Å²) in [6.45, 7) is 5.90. The van der Waals surface area contributed by atoms with E-state index in [0.717, 1.165) is 52.3 Å². The van der Waals surface area contributed by atoms with Gasteiger partial charge in [-0.25, -0.2) is 0 Å². The third-order valence-electron chi connectivity index (χ3n) is 4.85. The third-order valence-corrected chi connectivity index (χ3v) is 4.85. The Labute approximate surface area is 150 Å². The smallest absolute Gasteiger partial charge is 0.236 e. The molecule has 2 aliphatic rings. The Balaban J connectivity index is 1.51. The number of nitrogens with zero attached hydrogens (tertiary/aromatic N) is 2. The van der Waals surface area contributed by atoms with Crippen molar-refractivity contribution in [3.63, 3.8) is 0 Å². The summed E-state index contributed by atoms with van der Waals surface area (Å²) in [5.74, 6) is 0.106. The van der Waals surface area contributed by atoms with E-state index in [-0.39, 0.29) is 12.0 Å². The lowest BCUT2D eigenvalue weighted by molar-refractivity contribution is -0.129. The predicted octanol–water partition coefficient (Wildman–Crippen LogP) is 1.25. The topological polar surface area (TPSA) is 54.0 Å². The standard InChI is InChI=1S/C19H29N3O3/c1-21(19(23)14-20-13-17-6-4-10-25-17)15-16-5-2-3-7-18(16)22-8-11-24-12-9-22/h2-3,5,7,17,20H,4,6,8-15H2,1H3/t17-/m1/s1. The van der Waals surface area contributed by atoms with Crippen molar-refractivity contribution in [3.8, 4) is 0 Å². The highest BCUT2D eigenvalue weighted by Crippen LogP contribution is 2.22. The summed E-state index contributed by atoms with van der Waals surface area (Å²) in [5.41, 5.74) is 2.39. The predicted molar refractivity (Wildman–Crippen MR) is 97.8 cm³/mol. The van der Waals surface area contributed by atoms with Crippen LogP contribution in [0.25, 0.3) is 0 Å². The van der Waals surface area contributed by atoms with Crippen LogP contribution in [0.3, 0.4) is 0 Å². The number of carbonyl (C=O) groups is 1. The maximum Gasteiger partial charge on any atom is 0.236 e. The minimum atomic E-state index is 0.106. The fourth-order valence-corrected chi connectivity index (χ4v) is 3.38. The van der Waals surface area contributed by atoms with Gasteiger partial charge >= 0.3 is 0 Å². The molecular formula is C19H29N3O3. The van der Waals surface area contributed by atoms with E-state index in [1.807, 2.05) is 13.1 Å². The number of ether oxygens (including phenoxy) is 2. The highest BCUT2D eigenvalue weighted by atomic mass is 16.5. The molecule has 1 aromatic rings. The molecule has 3 rings (SSSR count). The molecule has 138 valence electrons. The summed E-state index contributed by atoms with van der Waals surface area (Å²) in [6, 6.07) is 8.33. The molecule has 1 aromatic carbocycles. The molecule has 0 aliphatic carbocycles. The van der Waals surface area contributed by atoms with Crippen molar-refractivity contribution >= 4 is 11.6 Å². The number of para-hydroxylation sites is 1. The van der Waals surface area contributed by atoms with Crippen LogP contribution in [0.1, 0.15) is 18.4 Å². The van der Waals surface area contributed by atoms with Crippen LogP contribution in [-0.4, -0.2) is 70.0 Å². The number of amides is 1. The number of benzene rings is 1. The lowest BCUT2D eigenvalue weighted by Crippen LogP contribution is -2.39. The zero-order valence-electron chi connectivity index (χ0n) is 15.1. The maximum absolute atomic E-state index is 12.4. The molecule has 2 aliphatic heterocycles. The summed E-state index contributed by atoms with van der Waals surface area (Å²) in [7, 11) is 1.87. The summed E-state index contributed by atoms with van der Waals surface area (Å²) in [4.78, 5) is 16.5. The molecule has 0 aromatic heterocycles. The molecule has 2 fully saturated rings. The molecule has 2 heterocycles. The van der Waals surface area contributed by atoms with E-state index in [1.54, 1.807) is 4.90 Å². The van der Waals surface area contributed by atoms with Gasteiger partial charge in [-0.05, 0) is 24.5 Å². The molecule has 0 saturated carbocycles. The Morgan fingerprint density at radius 2 is 2.08 bits per heavy atom. The molecule has 0 unspecified atom stereocenters. The summed E-state index contributed by atoms with van der Waals surface area (Å²) in [5, 5.41) is 3.23. The van der Waals surface area contributed by atoms with Crippen molar-refractivity contribution in [2.24, 2.45) is 0 Å². The first-order chi connectivity index (χ1) is 12.2. The average molecular weight is 347 g/mol. The fourth-order valence-electron chi connectivity index (χ4n) is 3.38. The molecule has 0 radical (unpaired) electrons. The minimum absolute atomic E-state index is 0.106. The van der Waals surface area contributed by atoms with E-state index in [1.165, 1.54) is 11.3 Å². The Hall–Kier alpha value is -1.63. The molecule has 2 saturated heterocycles. The van der Waals surface area contributed by atoms with Crippen molar-refractivity contribution in [2.45, 2.75) is 25.5 Å². The first-order valence-corrected chi connectivity index (χ1v) is 9.21. The Kier molecular flexibility index (Phi) is 6.67. The second-order valence-corrected chi connectivity index (χ2v) is 6.74. The van der Waals surface area contributed by atoms with Gasteiger partial charge in [-0.15, -0.1) is 0 Å². The molecule has 6 nitrogen and oxygen atoms in total. The second kappa shape index (κ2) is 9.17. The van der Waals surface area contributed by atoms with Crippen molar-refractivity contribution in [1.29, 1.82) is 0 Å². The van der Waals surface area contributed by atoms with Crippen LogP contribution in [0.15, 0.2) is 24.3 Å². The molecule has 0 bridgehead atoms. The maximum atomic E-state index is 12.4. The van der Waals surface area contributed by atoms with Crippen LogP contribution in [0.2, 0.25) is 0 Å². The lowest BCUT2D eigenvalue weighted by atomic mass is 10.1. The van der Waals surface area contributed by atoms with Crippen LogP contribution >= 0.6 is 0 Å². The molecule has 25 heavy (non-hydrogen) atoms. The first kappa shape index (κ1) is 18.2. The highest BCUT2D eigenvalue weighted by Gasteiger charge is 2.18. The number of nitrogens with one attached hydrogen (secondary N) is 1. The van der Waals surface area contributed by atoms with Gasteiger partial charge in [-0.1, -0.05) is 18.2 Å². The van der Waals surface area contributed by atoms with E-state index in [9.17, 15) is 4.79 Å². The van der Waals surface area contributed by atoms with Crippen LogP contribution in [0, 0.1) is 0 Å². The fraction of sp³-hybridized carbons (Fsp3) is 0.632. The Morgan fingerprint density at radius 3 is 2.84 bits per heavy atom. The van der Waals surface area contributed by atoms with Crippen LogP contribution in [0.5, 0.6) is 0 Å². The zero-order valence-corrected chi connectivity index (χ0v) is 15.1. The number of carbonyl (C=O) groups excluding carboxylic acids is 1. The van der Waals surface area contributed by atoms with Gasteiger partial charge in [-0.2, -0.15) is 0 Å². The van der Waals surface area contributed by atoms with Gasteiger partial charge in [0.05, 0.1) is 25.9 Å². The van der Waals surface area contributed by atoms with Crippen molar-refractivity contribution < 1.29 is 14.3 Å². The van der Waals surface area contributed by atoms with Gasteiger partial charge in [0.1, 0.15) is 0 Å². The summed E-state index contributed by atoms with van der Waals surface area (Å²) >= 11 is 0. The largest absolute Gasteiger partial charge is 0.378 e. The number of likely N-dealkylation sites (N-methyl/N-ethyl adjacent to an activating group) is 1.